The van der Waals surface area contributed by atoms with E-state index in [2.05, 4.69) is 5.32 Å². The molecule has 9 nitrogen and oxygen atoms in total. The highest BCUT2D eigenvalue weighted by atomic mass is 16.6. The van der Waals surface area contributed by atoms with Gasteiger partial charge in [-0.05, 0) is 55.2 Å². The van der Waals surface area contributed by atoms with E-state index in [9.17, 15) is 19.2 Å². The number of ether oxygens (including phenoxy) is 1. The molecule has 0 radical (unpaired) electrons. The number of amides is 3. The molecule has 2 aromatic rings. The first kappa shape index (κ1) is 24.3. The molecule has 2 saturated heterocycles. The van der Waals surface area contributed by atoms with Gasteiger partial charge in [-0.2, -0.15) is 0 Å². The lowest BCUT2D eigenvalue weighted by Crippen LogP contribution is -2.53. The van der Waals surface area contributed by atoms with Crippen molar-refractivity contribution < 1.29 is 23.9 Å². The van der Waals surface area contributed by atoms with E-state index in [4.69, 9.17) is 10.5 Å². The Morgan fingerprint density at radius 1 is 1.06 bits per heavy atom. The first-order valence-corrected chi connectivity index (χ1v) is 11.8. The van der Waals surface area contributed by atoms with Gasteiger partial charge in [-0.15, -0.1) is 0 Å². The molecule has 184 valence electrons. The van der Waals surface area contributed by atoms with Gasteiger partial charge in [0, 0.05) is 17.8 Å². The van der Waals surface area contributed by atoms with Crippen LogP contribution in [-0.2, 0) is 9.59 Å². The Morgan fingerprint density at radius 3 is 2.40 bits per heavy atom. The van der Waals surface area contributed by atoms with Gasteiger partial charge in [-0.3, -0.25) is 19.3 Å². The number of Topliss-reactive ketones (excluding diaryl/α,β-unsaturated/α-hetero) is 1. The Hall–Kier alpha value is -3.88. The summed E-state index contributed by atoms with van der Waals surface area (Å²) in [4.78, 5) is 55.0. The average Bonchev–Trinajstić information content (AvgIpc) is 3.40. The summed E-state index contributed by atoms with van der Waals surface area (Å²) in [6, 6.07) is 13.1. The minimum atomic E-state index is -0.795. The fourth-order valence-electron chi connectivity index (χ4n) is 4.73. The molecule has 9 heteroatoms. The molecule has 2 heterocycles. The Bertz CT molecular complexity index is 1100. The highest BCUT2D eigenvalue weighted by Crippen LogP contribution is 2.31. The van der Waals surface area contributed by atoms with Gasteiger partial charge in [0.2, 0.25) is 5.91 Å². The molecule has 0 aliphatic carbocycles. The Kier molecular flexibility index (Phi) is 7.04. The number of benzene rings is 2. The number of carbonyl (C=O) groups excluding carboxylic acids is 4. The van der Waals surface area contributed by atoms with E-state index in [0.717, 1.165) is 0 Å². The maximum Gasteiger partial charge on any atom is 0.415 e. The Labute approximate surface area is 204 Å². The van der Waals surface area contributed by atoms with E-state index in [-0.39, 0.29) is 30.1 Å². The summed E-state index contributed by atoms with van der Waals surface area (Å²) >= 11 is 0. The number of fused-ring (bicyclic) bond motifs is 1. The number of anilines is 1. The number of hydrogen-bond acceptors (Lipinski definition) is 6. The second kappa shape index (κ2) is 10.2. The number of nitrogens with one attached hydrogen (secondary N) is 1. The van der Waals surface area contributed by atoms with Crippen LogP contribution in [0.1, 0.15) is 37.0 Å². The molecule has 0 saturated carbocycles. The van der Waals surface area contributed by atoms with E-state index in [0.29, 0.717) is 36.4 Å². The smallest absolute Gasteiger partial charge is 0.410 e. The van der Waals surface area contributed by atoms with Crippen molar-refractivity contribution in [1.82, 2.24) is 15.1 Å². The number of rotatable bonds is 6. The molecule has 4 rings (SSSR count). The third kappa shape index (κ3) is 5.29. The third-order valence-corrected chi connectivity index (χ3v) is 6.37. The minimum absolute atomic E-state index is 0.114. The predicted octanol–water partition coefficient (Wildman–Crippen LogP) is 2.47. The van der Waals surface area contributed by atoms with Crippen LogP contribution in [0.4, 0.5) is 10.5 Å². The van der Waals surface area contributed by atoms with E-state index < -0.39 is 24.2 Å². The molecule has 3 N–H and O–H groups in total. The molecule has 0 bridgehead atoms. The van der Waals surface area contributed by atoms with Gasteiger partial charge in [-0.25, -0.2) is 4.79 Å². The molecule has 2 fully saturated rings. The summed E-state index contributed by atoms with van der Waals surface area (Å²) in [5.74, 6) is -0.390. The van der Waals surface area contributed by atoms with E-state index in [1.165, 1.54) is 9.80 Å². The molecular weight excluding hydrogens is 448 g/mol. The van der Waals surface area contributed by atoms with Crippen LogP contribution in [0, 0.1) is 5.92 Å². The Balaban J connectivity index is 1.47. The van der Waals surface area contributed by atoms with Crippen molar-refractivity contribution in [3.63, 3.8) is 0 Å². The lowest BCUT2D eigenvalue weighted by atomic mass is 10.0. The van der Waals surface area contributed by atoms with Crippen LogP contribution in [0.5, 0.6) is 5.75 Å². The van der Waals surface area contributed by atoms with E-state index in [1.54, 1.807) is 48.5 Å². The largest absolute Gasteiger partial charge is 0.415 e. The number of para-hydroxylation sites is 1. The molecule has 3 unspecified atom stereocenters. The molecule has 0 aromatic heterocycles. The number of nitrogen functional groups attached to an aromatic ring is 1. The standard InChI is InChI=1S/C26H30N4O5/c1-16(2)14-20(28-24(32)17-8-10-18(27)11-9-17)25(33)29-13-12-21-23(29)22(31)15-30(21)26(34)35-19-6-4-3-5-7-19/h3-11,16,20-21,23H,12-15,27H2,1-2H3,(H,28,32). The van der Waals surface area contributed by atoms with Crippen LogP contribution >= 0.6 is 0 Å². The number of hydrogen-bond donors (Lipinski definition) is 2. The molecule has 3 atom stereocenters. The summed E-state index contributed by atoms with van der Waals surface area (Å²) in [5.41, 5.74) is 6.63. The molecular formula is C26H30N4O5. The molecule has 3 amide bonds. The van der Waals surface area contributed by atoms with Crippen molar-refractivity contribution >= 4 is 29.4 Å². The normalized spacial score (nSPS) is 20.0. The van der Waals surface area contributed by atoms with Crippen LogP contribution in [-0.4, -0.2) is 64.7 Å². The second-order valence-electron chi connectivity index (χ2n) is 9.39. The summed E-state index contributed by atoms with van der Waals surface area (Å²) in [6.45, 7) is 4.13. The van der Waals surface area contributed by atoms with Gasteiger partial charge in [0.15, 0.2) is 5.78 Å². The molecule has 2 aliphatic heterocycles. The van der Waals surface area contributed by atoms with Crippen molar-refractivity contribution in [2.24, 2.45) is 5.92 Å². The summed E-state index contributed by atoms with van der Waals surface area (Å²) in [6.07, 6.45) is 0.273. The van der Waals surface area contributed by atoms with Crippen LogP contribution in [0.25, 0.3) is 0 Å². The van der Waals surface area contributed by atoms with Crippen molar-refractivity contribution in [3.05, 3.63) is 60.2 Å². The first-order chi connectivity index (χ1) is 16.7. The van der Waals surface area contributed by atoms with Gasteiger partial charge in [-0.1, -0.05) is 32.0 Å². The maximum absolute atomic E-state index is 13.6. The predicted molar refractivity (Wildman–Crippen MR) is 130 cm³/mol. The number of ketones is 1. The van der Waals surface area contributed by atoms with Crippen LogP contribution in [0.2, 0.25) is 0 Å². The van der Waals surface area contributed by atoms with Gasteiger partial charge < -0.3 is 20.7 Å². The quantitative estimate of drug-likeness (QED) is 0.615. The van der Waals surface area contributed by atoms with Crippen molar-refractivity contribution in [3.8, 4) is 5.75 Å². The molecule has 2 aromatic carbocycles. The van der Waals surface area contributed by atoms with Crippen LogP contribution < -0.4 is 15.8 Å². The Morgan fingerprint density at radius 2 is 1.74 bits per heavy atom. The van der Waals surface area contributed by atoms with Gasteiger partial charge >= 0.3 is 6.09 Å². The number of nitrogens with zero attached hydrogens (tertiary/aromatic N) is 2. The van der Waals surface area contributed by atoms with E-state index in [1.807, 2.05) is 19.9 Å². The summed E-state index contributed by atoms with van der Waals surface area (Å²) < 4.78 is 5.43. The average molecular weight is 479 g/mol. The number of likely N-dealkylation sites (tertiary alicyclic amines) is 2. The lowest BCUT2D eigenvalue weighted by Gasteiger charge is -2.29. The fourth-order valence-corrected chi connectivity index (χ4v) is 4.73. The zero-order valence-electron chi connectivity index (χ0n) is 19.8. The summed E-state index contributed by atoms with van der Waals surface area (Å²) in [7, 11) is 0. The van der Waals surface area contributed by atoms with Crippen molar-refractivity contribution in [2.45, 2.75) is 44.8 Å². The molecule has 2 aliphatic rings. The van der Waals surface area contributed by atoms with Crippen LogP contribution in [0.3, 0.4) is 0 Å². The van der Waals surface area contributed by atoms with Crippen LogP contribution in [0.15, 0.2) is 54.6 Å². The zero-order chi connectivity index (χ0) is 25.1. The number of carbonyl (C=O) groups is 4. The number of nitrogens with two attached hydrogens (primary N) is 1. The highest BCUT2D eigenvalue weighted by molar-refractivity contribution is 6.00. The monoisotopic (exact) mass is 478 g/mol. The van der Waals surface area contributed by atoms with Crippen molar-refractivity contribution in [1.29, 1.82) is 0 Å². The first-order valence-electron chi connectivity index (χ1n) is 11.8. The molecule has 0 spiro atoms. The fraction of sp³-hybridized carbons (Fsp3) is 0.385. The molecule has 35 heavy (non-hydrogen) atoms. The SMILES string of the molecule is CC(C)CC(NC(=O)c1ccc(N)cc1)C(=O)N1CCC2C1C(=O)CN2C(=O)Oc1ccccc1. The minimum Gasteiger partial charge on any atom is -0.410 e. The maximum atomic E-state index is 13.6. The van der Waals surface area contributed by atoms with Gasteiger partial charge in [0.25, 0.3) is 5.91 Å². The van der Waals surface area contributed by atoms with Gasteiger partial charge in [0.1, 0.15) is 17.8 Å². The topological polar surface area (TPSA) is 122 Å². The summed E-state index contributed by atoms with van der Waals surface area (Å²) in [5, 5.41) is 2.83. The zero-order valence-corrected chi connectivity index (χ0v) is 19.8. The van der Waals surface area contributed by atoms with Crippen molar-refractivity contribution in [2.75, 3.05) is 18.8 Å². The van der Waals surface area contributed by atoms with E-state index >= 15 is 0 Å². The lowest BCUT2D eigenvalue weighted by molar-refractivity contribution is -0.138. The second-order valence-corrected chi connectivity index (χ2v) is 9.39. The van der Waals surface area contributed by atoms with Gasteiger partial charge in [0.05, 0.1) is 12.6 Å². The third-order valence-electron chi connectivity index (χ3n) is 6.37. The highest BCUT2D eigenvalue weighted by Gasteiger charge is 2.52.